The highest BCUT2D eigenvalue weighted by Gasteiger charge is 2.51. The van der Waals surface area contributed by atoms with Crippen LogP contribution in [0, 0.1) is 20.8 Å². The Morgan fingerprint density at radius 1 is 0.218 bits per heavy atom. The first-order valence-electron chi connectivity index (χ1n) is 54.2. The topological polar surface area (TPSA) is 67.0 Å². The molecule has 12 heteroatoms. The minimum atomic E-state index is -0.418. The molecule has 0 saturated heterocycles. The SMILES string of the molecule is Cc1cc(C)c(N2c3cc4c(cc3B3c5cc6c(cc5Oc5cc(-n7c8c(C(C)(C)C)cc(C(C)(C)C)cc8c8cc(C(C)(C)C)cc(C(C)(C)C)c87)cc2c53)Oc2cc(-n3c5c(C(C)(C)C)cc(C(C)(C)C)cc5c5cc(C(C)(C)C)cc(C(C)(C)C)c53)cc3c2B6c2ccccc2O3)B2c3ccccc3Oc3cc(-n5c6c(C(C)(C)C)cc(C(C)(C)C)cc6c6cc(C(C)(C)C)cc(C(C)(C)C)c65)cc(c32)N4)c(C)c1. The summed E-state index contributed by atoms with van der Waals surface area (Å²) in [5.41, 5.74) is 42.3. The summed E-state index contributed by atoms with van der Waals surface area (Å²) in [6.07, 6.45) is 0. The van der Waals surface area contributed by atoms with Crippen molar-refractivity contribution in [1.29, 1.82) is 0 Å². The molecule has 0 fully saturated rings. The zero-order valence-electron chi connectivity index (χ0n) is 95.1. The lowest BCUT2D eigenvalue weighted by molar-refractivity contribution is 0.456. The average molecular weight is 1940 g/mol. The summed E-state index contributed by atoms with van der Waals surface area (Å²) < 4.78 is 39.6. The number of nitrogens with one attached hydrogen (secondary N) is 1. The van der Waals surface area contributed by atoms with Gasteiger partial charge in [-0.05, 0) is 274 Å². The molecule has 0 unspecified atom stereocenters. The molecule has 748 valence electrons. The lowest BCUT2D eigenvalue weighted by Crippen LogP contribution is -2.64. The number of rotatable bonds is 4. The van der Waals surface area contributed by atoms with Gasteiger partial charge in [-0.1, -0.05) is 352 Å². The summed E-state index contributed by atoms with van der Waals surface area (Å²) >= 11 is 0. The first-order valence-corrected chi connectivity index (χ1v) is 54.2. The molecule has 0 spiro atoms. The molecule has 6 aliphatic rings. The van der Waals surface area contributed by atoms with Crippen LogP contribution >= 0.6 is 0 Å². The molecule has 0 amide bonds. The van der Waals surface area contributed by atoms with E-state index in [2.05, 4.69) is 488 Å². The van der Waals surface area contributed by atoms with Crippen molar-refractivity contribution in [1.82, 2.24) is 13.7 Å². The third-order valence-corrected chi connectivity index (χ3v) is 33.4. The minimum absolute atomic E-state index is 0.129. The van der Waals surface area contributed by atoms with Crippen LogP contribution in [0.3, 0.4) is 0 Å². The number of aromatic nitrogens is 3. The van der Waals surface area contributed by atoms with Crippen molar-refractivity contribution in [2.24, 2.45) is 0 Å². The third-order valence-electron chi connectivity index (χ3n) is 33.4. The molecule has 23 rings (SSSR count). The average Bonchev–Trinajstić information content (AvgIpc) is 1.52. The van der Waals surface area contributed by atoms with E-state index in [0.717, 1.165) is 130 Å². The summed E-state index contributed by atoms with van der Waals surface area (Å²) in [5, 5.41) is 12.0. The van der Waals surface area contributed by atoms with E-state index in [-0.39, 0.29) is 78.4 Å². The highest BCUT2D eigenvalue weighted by Crippen LogP contribution is 2.56. The molecule has 0 aliphatic carbocycles. The molecular formula is C135H150B3N5O4. The largest absolute Gasteiger partial charge is 0.458 e. The van der Waals surface area contributed by atoms with Crippen molar-refractivity contribution in [3.63, 3.8) is 0 Å². The van der Waals surface area contributed by atoms with Gasteiger partial charge in [0.15, 0.2) is 0 Å². The van der Waals surface area contributed by atoms with Crippen LogP contribution < -0.4 is 78.3 Å². The van der Waals surface area contributed by atoms with E-state index in [0.29, 0.717) is 0 Å². The second kappa shape index (κ2) is 31.3. The summed E-state index contributed by atoms with van der Waals surface area (Å²) in [7, 11) is 0. The van der Waals surface area contributed by atoms with Gasteiger partial charge in [0, 0.05) is 90.9 Å². The lowest BCUT2D eigenvalue weighted by atomic mass is 9.30. The van der Waals surface area contributed by atoms with E-state index in [9.17, 15) is 0 Å². The minimum Gasteiger partial charge on any atom is -0.458 e. The maximum Gasteiger partial charge on any atom is 0.260 e. The van der Waals surface area contributed by atoms with Gasteiger partial charge in [-0.15, -0.1) is 0 Å². The molecule has 1 N–H and O–H groups in total. The summed E-state index contributed by atoms with van der Waals surface area (Å²) in [4.78, 5) is 2.68. The molecule has 0 radical (unpaired) electrons. The van der Waals surface area contributed by atoms with E-state index in [4.69, 9.17) is 18.9 Å². The quantitative estimate of drug-likeness (QED) is 0.177. The Bertz CT molecular complexity index is 8380. The fourth-order valence-corrected chi connectivity index (χ4v) is 25.5. The van der Waals surface area contributed by atoms with Gasteiger partial charge >= 0.3 is 0 Å². The number of fused-ring (bicyclic) bond motifs is 21. The molecule has 14 aromatic carbocycles. The molecule has 0 saturated carbocycles. The number of hydrogen-bond acceptors (Lipinski definition) is 6. The highest BCUT2D eigenvalue weighted by molar-refractivity contribution is 7.03. The predicted octanol–water partition coefficient (Wildman–Crippen LogP) is 31.3. The number of hydrogen-bond donors (Lipinski definition) is 1. The Morgan fingerprint density at radius 2 is 0.497 bits per heavy atom. The number of benzene rings is 14. The molecular weight excluding hydrogens is 1790 g/mol. The smallest absolute Gasteiger partial charge is 0.260 e. The van der Waals surface area contributed by atoms with Gasteiger partial charge in [0.05, 0.1) is 55.8 Å². The second-order valence-corrected chi connectivity index (χ2v) is 57.1. The van der Waals surface area contributed by atoms with Crippen LogP contribution in [-0.2, 0) is 65.0 Å². The van der Waals surface area contributed by atoms with Crippen LogP contribution in [0.2, 0.25) is 0 Å². The molecule has 3 aromatic heterocycles. The zero-order valence-corrected chi connectivity index (χ0v) is 95.1. The van der Waals surface area contributed by atoms with Crippen molar-refractivity contribution >= 4 is 163 Å². The van der Waals surface area contributed by atoms with Gasteiger partial charge in [0.2, 0.25) is 0 Å². The monoisotopic (exact) mass is 1940 g/mol. The Balaban J connectivity index is 0.827. The van der Waals surface area contributed by atoms with E-state index in [1.54, 1.807) is 0 Å². The maximum atomic E-state index is 8.34. The number of aryl methyl sites for hydroxylation is 3. The lowest BCUT2D eigenvalue weighted by Gasteiger charge is -2.43. The normalized spacial score (nSPS) is 14.7. The Morgan fingerprint density at radius 3 is 0.823 bits per heavy atom. The van der Waals surface area contributed by atoms with Gasteiger partial charge in [-0.2, -0.15) is 0 Å². The van der Waals surface area contributed by atoms with Crippen molar-refractivity contribution in [3.05, 3.63) is 278 Å². The third kappa shape index (κ3) is 15.2. The predicted molar refractivity (Wildman–Crippen MR) is 633 cm³/mol. The highest BCUT2D eigenvalue weighted by atomic mass is 16.5. The molecule has 147 heavy (non-hydrogen) atoms. The Labute approximate surface area is 875 Å². The fourth-order valence-electron chi connectivity index (χ4n) is 25.5. The van der Waals surface area contributed by atoms with Crippen molar-refractivity contribution < 1.29 is 18.9 Å². The summed E-state index contributed by atoms with van der Waals surface area (Å²) in [6, 6.07) is 77.4. The van der Waals surface area contributed by atoms with Crippen molar-refractivity contribution in [3.8, 4) is 63.1 Å². The summed E-state index contributed by atoms with van der Waals surface area (Å²) in [6.45, 7) is 91.8. The first-order chi connectivity index (χ1) is 68.2. The van der Waals surface area contributed by atoms with Gasteiger partial charge in [0.1, 0.15) is 46.0 Å². The number of nitrogens with zero attached hydrogens (tertiary/aromatic N) is 4. The van der Waals surface area contributed by atoms with Crippen LogP contribution in [0.5, 0.6) is 46.0 Å². The number of para-hydroxylation sites is 2. The van der Waals surface area contributed by atoms with Gasteiger partial charge in [-0.25, -0.2) is 0 Å². The molecule has 0 atom stereocenters. The zero-order chi connectivity index (χ0) is 105. The number of anilines is 5. The second-order valence-electron chi connectivity index (χ2n) is 57.1. The standard InChI is InChI=1S/C135H150B3N5O4/c1-72-48-73(2)117(74(3)49-72)143-104-70-102-98(136-96-44-40-42-46-106(96)144-110-64-81(62-103(139-102)114(110)136)140-118-84(50-75(124(4,5)6)56-90(118)130(22,23)24)85-51-76(125(7,8)9)57-91(119(85)140)131(25,26)27)68-99(104)138-101-69-100-108(71-109(101)146-111-65-82(63-105(143)115(111)138)141-120-86(52-77(126(10,11)12)58-92(120)132(28,29)30)87-53-78(127(13,14)15)59-93(121(87)141)133(31,32)33)147-113-67-83(66-112-116(113)137(100)97-45-41-43-47-107(97)145-112)142-122-88(54-79(128(16,17)18)60-94(122)134(34,35)36)89-55-80(129(19,20)21)61-95(123(89)142)135(37,38)39/h40-71,139H,1-39H3. The molecule has 9 nitrogen and oxygen atoms in total. The van der Waals surface area contributed by atoms with E-state index >= 15 is 0 Å². The molecule has 6 aliphatic heterocycles. The van der Waals surface area contributed by atoms with Crippen LogP contribution in [0.15, 0.2) is 194 Å². The van der Waals surface area contributed by atoms with Gasteiger partial charge < -0.3 is 42.9 Å². The van der Waals surface area contributed by atoms with Crippen molar-refractivity contribution in [2.45, 2.75) is 335 Å². The van der Waals surface area contributed by atoms with Crippen molar-refractivity contribution in [2.75, 3.05) is 10.2 Å². The summed E-state index contributed by atoms with van der Waals surface area (Å²) in [5.74, 6) is 6.33. The van der Waals surface area contributed by atoms with E-state index < -0.39 is 6.71 Å². The molecule has 0 bridgehead atoms. The van der Waals surface area contributed by atoms with Crippen LogP contribution in [0.25, 0.3) is 82.5 Å². The fraction of sp³-hybridized carbons (Fsp3) is 0.378. The van der Waals surface area contributed by atoms with E-state index in [1.165, 1.54) is 160 Å². The first kappa shape index (κ1) is 97.8. The van der Waals surface area contributed by atoms with Gasteiger partial charge in [0.25, 0.3) is 20.1 Å². The molecule has 17 aromatic rings. The van der Waals surface area contributed by atoms with Crippen LogP contribution in [0.1, 0.15) is 333 Å². The van der Waals surface area contributed by atoms with Crippen LogP contribution in [0.4, 0.5) is 28.4 Å². The van der Waals surface area contributed by atoms with Crippen LogP contribution in [-0.4, -0.2) is 33.8 Å². The van der Waals surface area contributed by atoms with E-state index in [1.807, 2.05) is 0 Å². The maximum absolute atomic E-state index is 8.34. The van der Waals surface area contributed by atoms with Gasteiger partial charge in [-0.3, -0.25) is 0 Å². The molecule has 9 heterocycles. The Hall–Kier alpha value is -12.5. The number of ether oxygens (including phenoxy) is 4. The Kier molecular flexibility index (Phi) is 20.8.